The van der Waals surface area contributed by atoms with E-state index in [0.717, 1.165) is 51.9 Å². The predicted molar refractivity (Wildman–Crippen MR) is 87.0 cm³/mol. The number of amides is 1. The minimum Gasteiger partial charge on any atom is -0.338 e. The SMILES string of the molecule is Cc1ccc2nc3sc(C(=O)N4CCCC4)cc3cc2c1. The van der Waals surface area contributed by atoms with Crippen molar-refractivity contribution < 1.29 is 4.79 Å². The van der Waals surface area contributed by atoms with E-state index in [0.29, 0.717) is 0 Å². The van der Waals surface area contributed by atoms with Gasteiger partial charge in [-0.25, -0.2) is 4.98 Å². The summed E-state index contributed by atoms with van der Waals surface area (Å²) in [4.78, 5) is 20.9. The van der Waals surface area contributed by atoms with Gasteiger partial charge in [0.25, 0.3) is 5.91 Å². The lowest BCUT2D eigenvalue weighted by molar-refractivity contribution is 0.0797. The van der Waals surface area contributed by atoms with Gasteiger partial charge in [-0.1, -0.05) is 11.6 Å². The molecular weight excluding hydrogens is 280 g/mol. The number of carbonyl (C=O) groups excluding carboxylic acids is 1. The number of aryl methyl sites for hydroxylation is 1. The number of thiophene rings is 1. The Labute approximate surface area is 127 Å². The molecule has 1 amide bonds. The van der Waals surface area contributed by atoms with Crippen LogP contribution >= 0.6 is 11.3 Å². The Morgan fingerprint density at radius 3 is 2.76 bits per heavy atom. The average Bonchev–Trinajstić information content (AvgIpc) is 3.13. The average molecular weight is 296 g/mol. The summed E-state index contributed by atoms with van der Waals surface area (Å²) in [5.41, 5.74) is 2.22. The molecule has 0 saturated carbocycles. The number of pyridine rings is 1. The molecule has 106 valence electrons. The molecule has 0 N–H and O–H groups in total. The Hall–Kier alpha value is -1.94. The molecule has 1 saturated heterocycles. The molecule has 3 heterocycles. The first kappa shape index (κ1) is 12.8. The molecule has 1 aromatic carbocycles. The third kappa shape index (κ3) is 2.20. The molecule has 1 aliphatic rings. The van der Waals surface area contributed by atoms with Crippen LogP contribution in [0.3, 0.4) is 0 Å². The maximum atomic E-state index is 12.5. The first-order chi connectivity index (χ1) is 10.2. The van der Waals surface area contributed by atoms with Gasteiger partial charge in [-0.05, 0) is 44.0 Å². The summed E-state index contributed by atoms with van der Waals surface area (Å²) < 4.78 is 0. The molecular formula is C17H16N2OS. The first-order valence-electron chi connectivity index (χ1n) is 7.31. The Balaban J connectivity index is 1.81. The second-order valence-corrected chi connectivity index (χ2v) is 6.72. The Morgan fingerprint density at radius 1 is 1.14 bits per heavy atom. The van der Waals surface area contributed by atoms with E-state index in [4.69, 9.17) is 4.98 Å². The molecule has 0 atom stereocenters. The van der Waals surface area contributed by atoms with Gasteiger partial charge in [-0.3, -0.25) is 4.79 Å². The lowest BCUT2D eigenvalue weighted by Gasteiger charge is -2.13. The van der Waals surface area contributed by atoms with Gasteiger partial charge in [0.2, 0.25) is 0 Å². The molecule has 0 aliphatic carbocycles. The van der Waals surface area contributed by atoms with E-state index in [-0.39, 0.29) is 5.91 Å². The number of carbonyl (C=O) groups is 1. The standard InChI is InChI=1S/C17H16N2OS/c1-11-4-5-14-12(8-11)9-13-10-15(21-16(13)18-14)17(20)19-6-2-3-7-19/h4-5,8-10H,2-3,6-7H2,1H3. The number of fused-ring (bicyclic) bond motifs is 2. The quantitative estimate of drug-likeness (QED) is 0.680. The van der Waals surface area contributed by atoms with Gasteiger partial charge in [0.1, 0.15) is 4.83 Å². The molecule has 0 bridgehead atoms. The van der Waals surface area contributed by atoms with Crippen LogP contribution in [0.15, 0.2) is 30.3 Å². The van der Waals surface area contributed by atoms with Gasteiger partial charge in [0.15, 0.2) is 0 Å². The van der Waals surface area contributed by atoms with Crippen LogP contribution in [-0.2, 0) is 0 Å². The lowest BCUT2D eigenvalue weighted by Crippen LogP contribution is -2.26. The molecule has 0 radical (unpaired) electrons. The van der Waals surface area contributed by atoms with Crippen molar-refractivity contribution >= 4 is 38.4 Å². The lowest BCUT2D eigenvalue weighted by atomic mass is 10.1. The molecule has 0 spiro atoms. The van der Waals surface area contributed by atoms with E-state index in [2.05, 4.69) is 25.1 Å². The fourth-order valence-electron chi connectivity index (χ4n) is 2.94. The zero-order valence-electron chi connectivity index (χ0n) is 11.9. The van der Waals surface area contributed by atoms with Crippen LogP contribution in [0, 0.1) is 6.92 Å². The zero-order chi connectivity index (χ0) is 14.4. The van der Waals surface area contributed by atoms with Crippen molar-refractivity contribution in [2.45, 2.75) is 19.8 Å². The van der Waals surface area contributed by atoms with Crippen molar-refractivity contribution in [2.75, 3.05) is 13.1 Å². The minimum absolute atomic E-state index is 0.163. The molecule has 0 unspecified atom stereocenters. The second-order valence-electron chi connectivity index (χ2n) is 5.69. The first-order valence-corrected chi connectivity index (χ1v) is 8.12. The molecule has 1 aliphatic heterocycles. The monoisotopic (exact) mass is 296 g/mol. The smallest absolute Gasteiger partial charge is 0.264 e. The maximum Gasteiger partial charge on any atom is 0.264 e. The van der Waals surface area contributed by atoms with E-state index < -0.39 is 0 Å². The van der Waals surface area contributed by atoms with Crippen LogP contribution in [0.4, 0.5) is 0 Å². The largest absolute Gasteiger partial charge is 0.338 e. The van der Waals surface area contributed by atoms with E-state index in [1.54, 1.807) is 0 Å². The van der Waals surface area contributed by atoms with E-state index in [1.807, 2.05) is 17.0 Å². The summed E-state index contributed by atoms with van der Waals surface area (Å²) in [6.45, 7) is 3.86. The second kappa shape index (κ2) is 4.81. The number of hydrogen-bond donors (Lipinski definition) is 0. The number of rotatable bonds is 1. The van der Waals surface area contributed by atoms with Gasteiger partial charge in [0, 0.05) is 23.9 Å². The molecule has 3 aromatic rings. The van der Waals surface area contributed by atoms with Crippen molar-refractivity contribution in [1.82, 2.24) is 9.88 Å². The molecule has 21 heavy (non-hydrogen) atoms. The van der Waals surface area contributed by atoms with Crippen molar-refractivity contribution in [2.24, 2.45) is 0 Å². The van der Waals surface area contributed by atoms with Gasteiger partial charge >= 0.3 is 0 Å². The number of nitrogens with zero attached hydrogens (tertiary/aromatic N) is 2. The third-order valence-corrected chi connectivity index (χ3v) is 5.09. The summed E-state index contributed by atoms with van der Waals surface area (Å²) in [6.07, 6.45) is 2.25. The highest BCUT2D eigenvalue weighted by molar-refractivity contribution is 7.20. The van der Waals surface area contributed by atoms with Crippen molar-refractivity contribution in [1.29, 1.82) is 0 Å². The fraction of sp³-hybridized carbons (Fsp3) is 0.294. The Kier molecular flexibility index (Phi) is 2.93. The van der Waals surface area contributed by atoms with Gasteiger partial charge in [0.05, 0.1) is 10.4 Å². The normalized spacial score (nSPS) is 15.2. The fourth-order valence-corrected chi connectivity index (χ4v) is 3.93. The summed E-state index contributed by atoms with van der Waals surface area (Å²) >= 11 is 1.51. The van der Waals surface area contributed by atoms with Crippen LogP contribution in [-0.4, -0.2) is 28.9 Å². The molecule has 1 fully saturated rings. The van der Waals surface area contributed by atoms with Crippen molar-refractivity contribution in [3.63, 3.8) is 0 Å². The zero-order valence-corrected chi connectivity index (χ0v) is 12.7. The van der Waals surface area contributed by atoms with Crippen molar-refractivity contribution in [3.05, 3.63) is 40.8 Å². The van der Waals surface area contributed by atoms with Crippen LogP contribution in [0.2, 0.25) is 0 Å². The summed E-state index contributed by atoms with van der Waals surface area (Å²) in [6, 6.07) is 10.4. The van der Waals surface area contributed by atoms with Crippen LogP contribution in [0.5, 0.6) is 0 Å². The summed E-state index contributed by atoms with van der Waals surface area (Å²) in [5.74, 6) is 0.163. The summed E-state index contributed by atoms with van der Waals surface area (Å²) in [7, 11) is 0. The van der Waals surface area contributed by atoms with E-state index in [9.17, 15) is 4.79 Å². The third-order valence-electron chi connectivity index (χ3n) is 4.06. The van der Waals surface area contributed by atoms with Crippen LogP contribution in [0.1, 0.15) is 28.1 Å². The molecule has 4 heteroatoms. The minimum atomic E-state index is 0.163. The molecule has 2 aromatic heterocycles. The highest BCUT2D eigenvalue weighted by Crippen LogP contribution is 2.29. The van der Waals surface area contributed by atoms with E-state index >= 15 is 0 Å². The van der Waals surface area contributed by atoms with Crippen LogP contribution < -0.4 is 0 Å². The maximum absolute atomic E-state index is 12.5. The Bertz CT molecular complexity index is 846. The van der Waals surface area contributed by atoms with E-state index in [1.165, 1.54) is 16.9 Å². The van der Waals surface area contributed by atoms with Crippen LogP contribution in [0.25, 0.3) is 21.1 Å². The van der Waals surface area contributed by atoms with Crippen molar-refractivity contribution in [3.8, 4) is 0 Å². The highest BCUT2D eigenvalue weighted by atomic mass is 32.1. The van der Waals surface area contributed by atoms with Gasteiger partial charge in [-0.15, -0.1) is 11.3 Å². The summed E-state index contributed by atoms with van der Waals surface area (Å²) in [5, 5.41) is 2.21. The molecule has 3 nitrogen and oxygen atoms in total. The number of likely N-dealkylation sites (tertiary alicyclic amines) is 1. The number of hydrogen-bond acceptors (Lipinski definition) is 3. The highest BCUT2D eigenvalue weighted by Gasteiger charge is 2.21. The van der Waals surface area contributed by atoms with Gasteiger partial charge in [-0.2, -0.15) is 0 Å². The predicted octanol–water partition coefficient (Wildman–Crippen LogP) is 3.99. The Morgan fingerprint density at radius 2 is 1.95 bits per heavy atom. The number of benzene rings is 1. The number of aromatic nitrogens is 1. The topological polar surface area (TPSA) is 33.2 Å². The molecule has 4 rings (SSSR count). The van der Waals surface area contributed by atoms with Gasteiger partial charge < -0.3 is 4.90 Å².